The maximum atomic E-state index is 13.6. The number of aliphatic carboxylic acids is 1. The summed E-state index contributed by atoms with van der Waals surface area (Å²) in [6.07, 6.45) is 10.8. The van der Waals surface area contributed by atoms with E-state index in [1.165, 1.54) is 16.7 Å². The van der Waals surface area contributed by atoms with Gasteiger partial charge in [-0.15, -0.1) is 0 Å². The third kappa shape index (κ3) is 4.53. The molecule has 0 aliphatic heterocycles. The first kappa shape index (κ1) is 23.1. The normalized spacial score (nSPS) is 21.0. The number of benzene rings is 2. The Balaban J connectivity index is 1.41. The molecule has 2 aliphatic rings. The third-order valence-corrected chi connectivity index (χ3v) is 7.28. The average molecular weight is 472 g/mol. The highest BCUT2D eigenvalue weighted by Crippen LogP contribution is 2.41. The highest BCUT2D eigenvalue weighted by Gasteiger charge is 2.31. The van der Waals surface area contributed by atoms with Gasteiger partial charge in [-0.1, -0.05) is 49.4 Å². The van der Waals surface area contributed by atoms with E-state index >= 15 is 0 Å². The summed E-state index contributed by atoms with van der Waals surface area (Å²) in [4.78, 5) is 11.4. The number of allylic oxidation sites excluding steroid dienone is 2. The number of carbonyl (C=O) groups is 1. The zero-order valence-corrected chi connectivity index (χ0v) is 20.1. The Bertz CT molecular complexity index is 1320. The molecule has 35 heavy (non-hydrogen) atoms. The molecule has 5 rings (SSSR count). The van der Waals surface area contributed by atoms with Gasteiger partial charge in [0.25, 0.3) is 0 Å². The van der Waals surface area contributed by atoms with Crippen molar-refractivity contribution in [1.82, 2.24) is 15.1 Å². The number of carboxylic acids is 1. The molecule has 2 N–H and O–H groups in total. The lowest BCUT2D eigenvalue weighted by Gasteiger charge is -2.23. The predicted octanol–water partition coefficient (Wildman–Crippen LogP) is 5.81. The molecule has 1 aromatic heterocycles. The molecule has 1 heterocycles. The summed E-state index contributed by atoms with van der Waals surface area (Å²) in [5, 5.41) is 17.7. The zero-order chi connectivity index (χ0) is 24.6. The Hall–Kier alpha value is -3.67. The second-order valence-corrected chi connectivity index (χ2v) is 9.71. The molecule has 2 unspecified atom stereocenters. The maximum absolute atomic E-state index is 13.6. The first-order valence-corrected chi connectivity index (χ1v) is 12.2. The van der Waals surface area contributed by atoms with E-state index in [0.717, 1.165) is 41.8 Å². The van der Waals surface area contributed by atoms with Gasteiger partial charge in [-0.2, -0.15) is 5.10 Å². The van der Waals surface area contributed by atoms with Gasteiger partial charge in [0, 0.05) is 23.4 Å². The number of nitrogens with one attached hydrogen (secondary N) is 1. The molecule has 2 aliphatic carbocycles. The molecule has 6 heteroatoms. The molecule has 5 nitrogen and oxygen atoms in total. The summed E-state index contributed by atoms with van der Waals surface area (Å²) in [6, 6.07) is 13.5. The monoisotopic (exact) mass is 471 g/mol. The van der Waals surface area contributed by atoms with Crippen molar-refractivity contribution < 1.29 is 14.3 Å². The van der Waals surface area contributed by atoms with Crippen LogP contribution in [0.25, 0.3) is 11.3 Å². The fraction of sp³-hybridized carbons (Fsp3) is 0.310. The van der Waals surface area contributed by atoms with Gasteiger partial charge in [0.1, 0.15) is 12.5 Å². The van der Waals surface area contributed by atoms with Crippen molar-refractivity contribution >= 4 is 5.97 Å². The van der Waals surface area contributed by atoms with Crippen LogP contribution in [-0.2, 0) is 24.3 Å². The van der Waals surface area contributed by atoms with Crippen LogP contribution in [0, 0.1) is 11.2 Å². The van der Waals surface area contributed by atoms with Crippen molar-refractivity contribution in [2.45, 2.75) is 52.1 Å². The van der Waals surface area contributed by atoms with Crippen LogP contribution in [0.2, 0.25) is 0 Å². The van der Waals surface area contributed by atoms with Gasteiger partial charge in [-0.25, -0.2) is 4.39 Å². The lowest BCUT2D eigenvalue weighted by molar-refractivity contribution is -0.145. The van der Waals surface area contributed by atoms with Crippen LogP contribution in [0.4, 0.5) is 4.39 Å². The number of halogens is 1. The SMILES string of the molecule is CCc1ccc2c(c1)C(c1ccc(F)cc1)CCc1cn(CNC3=CCC(C)(C(=O)O)C=C3)nc1-2. The molecule has 0 spiro atoms. The van der Waals surface area contributed by atoms with E-state index in [4.69, 9.17) is 5.10 Å². The van der Waals surface area contributed by atoms with Crippen molar-refractivity contribution in [1.29, 1.82) is 0 Å². The number of nitrogens with zero attached hydrogens (tertiary/aromatic N) is 2. The van der Waals surface area contributed by atoms with Crippen LogP contribution in [0.3, 0.4) is 0 Å². The van der Waals surface area contributed by atoms with E-state index in [9.17, 15) is 14.3 Å². The van der Waals surface area contributed by atoms with E-state index in [1.54, 1.807) is 25.1 Å². The number of fused-ring (bicyclic) bond motifs is 3. The van der Waals surface area contributed by atoms with E-state index in [2.05, 4.69) is 36.6 Å². The fourth-order valence-corrected chi connectivity index (χ4v) is 4.98. The standard InChI is InChI=1S/C29H30FN3O2/c1-3-19-4-10-25-26(16-19)24(20-5-8-22(30)9-6-20)11-7-21-17-33(32-27(21)25)18-31-23-12-14-29(2,15-13-23)28(34)35/h4-6,8-10,12-14,16-17,24,31H,3,7,11,15,18H2,1-2H3,(H,34,35). The third-order valence-electron chi connectivity index (χ3n) is 7.28. The van der Waals surface area contributed by atoms with Crippen molar-refractivity contribution in [3.05, 3.63) is 101 Å². The van der Waals surface area contributed by atoms with Crippen molar-refractivity contribution in [2.75, 3.05) is 0 Å². The first-order chi connectivity index (χ1) is 16.9. The second-order valence-electron chi connectivity index (χ2n) is 9.71. The number of rotatable bonds is 6. The molecule has 0 radical (unpaired) electrons. The highest BCUT2D eigenvalue weighted by atomic mass is 19.1. The highest BCUT2D eigenvalue weighted by molar-refractivity contribution is 5.77. The minimum absolute atomic E-state index is 0.193. The summed E-state index contributed by atoms with van der Waals surface area (Å²) < 4.78 is 15.5. The fourth-order valence-electron chi connectivity index (χ4n) is 4.98. The minimum atomic E-state index is -0.851. The topological polar surface area (TPSA) is 67.2 Å². The molecule has 2 atom stereocenters. The number of aromatic nitrogens is 2. The van der Waals surface area contributed by atoms with Gasteiger partial charge in [0.2, 0.25) is 0 Å². The molecule has 0 fully saturated rings. The van der Waals surface area contributed by atoms with Gasteiger partial charge in [0.15, 0.2) is 0 Å². The van der Waals surface area contributed by atoms with Crippen molar-refractivity contribution in [3.8, 4) is 11.3 Å². The largest absolute Gasteiger partial charge is 0.481 e. The Kier molecular flexibility index (Phi) is 6.05. The van der Waals surface area contributed by atoms with E-state index in [0.29, 0.717) is 13.1 Å². The first-order valence-electron chi connectivity index (χ1n) is 12.2. The summed E-state index contributed by atoms with van der Waals surface area (Å²) in [5.74, 6) is -0.838. The van der Waals surface area contributed by atoms with Crippen LogP contribution in [-0.4, -0.2) is 20.9 Å². The van der Waals surface area contributed by atoms with Gasteiger partial charge >= 0.3 is 5.97 Å². The molecule has 0 bridgehead atoms. The van der Waals surface area contributed by atoms with Gasteiger partial charge in [0.05, 0.1) is 11.1 Å². The van der Waals surface area contributed by atoms with Crippen molar-refractivity contribution in [2.24, 2.45) is 5.41 Å². The van der Waals surface area contributed by atoms with Crippen LogP contribution in [0.15, 0.2) is 72.6 Å². The molecule has 2 aromatic carbocycles. The number of aryl methyl sites for hydroxylation is 2. The Morgan fingerprint density at radius 2 is 2.06 bits per heavy atom. The van der Waals surface area contributed by atoms with Gasteiger partial charge in [-0.3, -0.25) is 9.48 Å². The van der Waals surface area contributed by atoms with Crippen LogP contribution >= 0.6 is 0 Å². The Morgan fingerprint density at radius 3 is 2.74 bits per heavy atom. The van der Waals surface area contributed by atoms with Gasteiger partial charge in [-0.05, 0) is 73.1 Å². The molecule has 0 saturated carbocycles. The van der Waals surface area contributed by atoms with Crippen molar-refractivity contribution in [3.63, 3.8) is 0 Å². The average Bonchev–Trinajstić information content (AvgIpc) is 3.21. The molecule has 0 saturated heterocycles. The molecular formula is C29H30FN3O2. The predicted molar refractivity (Wildman–Crippen MR) is 134 cm³/mol. The van der Waals surface area contributed by atoms with E-state index in [-0.39, 0.29) is 11.7 Å². The number of hydrogen-bond acceptors (Lipinski definition) is 3. The Morgan fingerprint density at radius 1 is 1.26 bits per heavy atom. The van der Waals surface area contributed by atoms with Crippen LogP contribution in [0.1, 0.15) is 54.9 Å². The molecular weight excluding hydrogens is 441 g/mol. The molecule has 3 aromatic rings. The zero-order valence-electron chi connectivity index (χ0n) is 20.1. The van der Waals surface area contributed by atoms with Gasteiger partial charge < -0.3 is 10.4 Å². The van der Waals surface area contributed by atoms with E-state index in [1.807, 2.05) is 29.0 Å². The number of carboxylic acid groups (broad SMARTS) is 1. The lowest BCUT2D eigenvalue weighted by atomic mass is 9.83. The number of hydrogen-bond donors (Lipinski definition) is 2. The summed E-state index contributed by atoms with van der Waals surface area (Å²) in [7, 11) is 0. The summed E-state index contributed by atoms with van der Waals surface area (Å²) in [5.41, 5.74) is 7.05. The maximum Gasteiger partial charge on any atom is 0.313 e. The Labute approximate surface area is 205 Å². The molecule has 180 valence electrons. The smallest absolute Gasteiger partial charge is 0.313 e. The quantitative estimate of drug-likeness (QED) is 0.476. The second kappa shape index (κ2) is 9.17. The van der Waals surface area contributed by atoms with Crippen LogP contribution < -0.4 is 5.32 Å². The lowest BCUT2D eigenvalue weighted by Crippen LogP contribution is -2.28. The van der Waals surface area contributed by atoms with Crippen LogP contribution in [0.5, 0.6) is 0 Å². The summed E-state index contributed by atoms with van der Waals surface area (Å²) >= 11 is 0. The summed E-state index contributed by atoms with van der Waals surface area (Å²) in [6.45, 7) is 4.38. The van der Waals surface area contributed by atoms with E-state index < -0.39 is 11.4 Å². The minimum Gasteiger partial charge on any atom is -0.481 e. The molecule has 0 amide bonds.